The number of hydrogen-bond acceptors (Lipinski definition) is 5. The van der Waals surface area contributed by atoms with Crippen LogP contribution in [0.1, 0.15) is 42.5 Å². The topological polar surface area (TPSA) is 80.8 Å². The highest BCUT2D eigenvalue weighted by atomic mass is 35.5. The van der Waals surface area contributed by atoms with Gasteiger partial charge in [-0.15, -0.1) is 0 Å². The number of ketones is 1. The molecule has 0 spiro atoms. The summed E-state index contributed by atoms with van der Waals surface area (Å²) >= 11 is 5.76. The molecule has 0 unspecified atom stereocenters. The van der Waals surface area contributed by atoms with Crippen molar-refractivity contribution in [3.8, 4) is 0 Å². The van der Waals surface area contributed by atoms with Crippen LogP contribution in [-0.2, 0) is 19.1 Å². The molecule has 2 fully saturated rings. The third-order valence-corrected chi connectivity index (χ3v) is 5.25. The van der Waals surface area contributed by atoms with Crippen LogP contribution in [0.2, 0.25) is 5.02 Å². The van der Waals surface area contributed by atoms with E-state index in [0.29, 0.717) is 10.6 Å². The van der Waals surface area contributed by atoms with Crippen LogP contribution in [-0.4, -0.2) is 41.6 Å². The van der Waals surface area contributed by atoms with E-state index in [1.165, 1.54) is 4.90 Å². The number of imide groups is 1. The van der Waals surface area contributed by atoms with Crippen LogP contribution in [0.25, 0.3) is 0 Å². The van der Waals surface area contributed by atoms with Crippen LogP contribution in [0, 0.1) is 11.8 Å². The molecule has 1 saturated carbocycles. The van der Waals surface area contributed by atoms with Gasteiger partial charge in [-0.1, -0.05) is 24.4 Å². The lowest BCUT2D eigenvalue weighted by Crippen LogP contribution is -2.33. The molecule has 0 N–H and O–H groups in total. The van der Waals surface area contributed by atoms with Gasteiger partial charge in [0.25, 0.3) is 0 Å². The number of carbonyl (C=O) groups is 4. The predicted molar refractivity (Wildman–Crippen MR) is 93.5 cm³/mol. The van der Waals surface area contributed by atoms with Gasteiger partial charge in [0.05, 0.1) is 18.3 Å². The number of ether oxygens (including phenoxy) is 1. The van der Waals surface area contributed by atoms with Crippen LogP contribution < -0.4 is 0 Å². The van der Waals surface area contributed by atoms with Gasteiger partial charge in [-0.05, 0) is 37.1 Å². The third-order valence-electron chi connectivity index (χ3n) is 5.00. The van der Waals surface area contributed by atoms with Crippen molar-refractivity contribution >= 4 is 35.2 Å². The summed E-state index contributed by atoms with van der Waals surface area (Å²) in [6.45, 7) is -0.369. The molecule has 2 aliphatic rings. The highest BCUT2D eigenvalue weighted by Gasteiger charge is 2.47. The minimum absolute atomic E-state index is 0.0125. The minimum Gasteiger partial charge on any atom is -0.457 e. The molecule has 0 radical (unpaired) electrons. The Morgan fingerprint density at radius 3 is 2.19 bits per heavy atom. The van der Waals surface area contributed by atoms with E-state index >= 15 is 0 Å². The molecule has 138 valence electrons. The summed E-state index contributed by atoms with van der Waals surface area (Å²) < 4.78 is 4.97. The average Bonchev–Trinajstić information content (AvgIpc) is 2.89. The van der Waals surface area contributed by atoms with Crippen molar-refractivity contribution < 1.29 is 23.9 Å². The first kappa shape index (κ1) is 18.6. The van der Waals surface area contributed by atoms with E-state index < -0.39 is 5.97 Å². The fraction of sp³-hybridized carbons (Fsp3) is 0.474. The minimum atomic E-state index is -0.609. The lowest BCUT2D eigenvalue weighted by molar-refractivity contribution is -0.145. The smallest absolute Gasteiger partial charge is 0.308 e. The summed E-state index contributed by atoms with van der Waals surface area (Å²) in [4.78, 5) is 49.7. The summed E-state index contributed by atoms with van der Waals surface area (Å²) in [6, 6.07) is 6.28. The molecule has 1 aliphatic carbocycles. The highest BCUT2D eigenvalue weighted by Crippen LogP contribution is 2.37. The number of likely N-dealkylation sites (tertiary alicyclic amines) is 1. The number of halogens is 1. The second-order valence-electron chi connectivity index (χ2n) is 6.67. The van der Waals surface area contributed by atoms with E-state index in [1.807, 2.05) is 0 Å². The Balaban J connectivity index is 1.47. The molecule has 1 heterocycles. The second-order valence-corrected chi connectivity index (χ2v) is 7.10. The van der Waals surface area contributed by atoms with Crippen molar-refractivity contribution in [1.29, 1.82) is 0 Å². The molecule has 0 bridgehead atoms. The zero-order chi connectivity index (χ0) is 18.7. The number of fused-ring (bicyclic) bond motifs is 1. The molecule has 1 aliphatic heterocycles. The van der Waals surface area contributed by atoms with Crippen molar-refractivity contribution in [2.75, 3.05) is 13.2 Å². The first-order valence-electron chi connectivity index (χ1n) is 8.77. The fourth-order valence-corrected chi connectivity index (χ4v) is 3.72. The van der Waals surface area contributed by atoms with Gasteiger partial charge in [-0.3, -0.25) is 24.1 Å². The summed E-state index contributed by atoms with van der Waals surface area (Å²) in [6.07, 6.45) is 3.30. The number of carbonyl (C=O) groups excluding carboxylic acids is 4. The van der Waals surface area contributed by atoms with Gasteiger partial charge >= 0.3 is 5.97 Å². The highest BCUT2D eigenvalue weighted by molar-refractivity contribution is 6.30. The van der Waals surface area contributed by atoms with Crippen LogP contribution in [0.3, 0.4) is 0 Å². The summed E-state index contributed by atoms with van der Waals surface area (Å²) in [7, 11) is 0. The molecule has 0 aromatic heterocycles. The van der Waals surface area contributed by atoms with Crippen LogP contribution in [0.4, 0.5) is 0 Å². The zero-order valence-electron chi connectivity index (χ0n) is 14.3. The van der Waals surface area contributed by atoms with Crippen LogP contribution in [0.15, 0.2) is 24.3 Å². The van der Waals surface area contributed by atoms with Crippen molar-refractivity contribution in [1.82, 2.24) is 4.90 Å². The number of Topliss-reactive ketones (excluding diaryl/α,β-unsaturated/α-hetero) is 1. The lowest BCUT2D eigenvalue weighted by Gasteiger charge is -2.19. The Hall–Kier alpha value is -2.21. The van der Waals surface area contributed by atoms with E-state index in [2.05, 4.69) is 0 Å². The third kappa shape index (κ3) is 3.96. The number of amides is 2. The molecule has 1 saturated heterocycles. The predicted octanol–water partition coefficient (Wildman–Crippen LogP) is 2.63. The van der Waals surface area contributed by atoms with E-state index in [1.54, 1.807) is 24.3 Å². The lowest BCUT2D eigenvalue weighted by atomic mass is 9.81. The molecule has 2 amide bonds. The van der Waals surface area contributed by atoms with Gasteiger partial charge in [0.15, 0.2) is 12.4 Å². The van der Waals surface area contributed by atoms with Gasteiger partial charge in [-0.25, -0.2) is 0 Å². The van der Waals surface area contributed by atoms with Gasteiger partial charge < -0.3 is 4.74 Å². The average molecular weight is 378 g/mol. The van der Waals surface area contributed by atoms with Crippen molar-refractivity contribution in [2.45, 2.75) is 32.1 Å². The Morgan fingerprint density at radius 1 is 1.04 bits per heavy atom. The molecule has 26 heavy (non-hydrogen) atoms. The quantitative estimate of drug-likeness (QED) is 0.432. The van der Waals surface area contributed by atoms with Crippen LogP contribution >= 0.6 is 11.6 Å². The molecule has 1 aromatic rings. The van der Waals surface area contributed by atoms with E-state index in [9.17, 15) is 19.2 Å². The number of rotatable bonds is 6. The number of nitrogens with zero attached hydrogens (tertiary/aromatic N) is 1. The normalized spacial score (nSPS) is 22.3. The summed E-state index contributed by atoms with van der Waals surface area (Å²) in [5, 5.41) is 0.513. The number of hydrogen-bond donors (Lipinski definition) is 0. The Morgan fingerprint density at radius 2 is 1.62 bits per heavy atom. The molecule has 3 rings (SSSR count). The van der Waals surface area contributed by atoms with E-state index in [0.717, 1.165) is 25.7 Å². The SMILES string of the molecule is O=C(CCN1C(=O)[C@H]2CCCC[C@@H]2C1=O)OCC(=O)c1ccc(Cl)cc1. The van der Waals surface area contributed by atoms with Crippen molar-refractivity contribution in [3.63, 3.8) is 0 Å². The molecule has 2 atom stereocenters. The Bertz CT molecular complexity index is 706. The second kappa shape index (κ2) is 7.99. The van der Waals surface area contributed by atoms with E-state index in [-0.39, 0.29) is 49.0 Å². The Kier molecular flexibility index (Phi) is 5.71. The molecular weight excluding hydrogens is 358 g/mol. The van der Waals surface area contributed by atoms with E-state index in [4.69, 9.17) is 16.3 Å². The van der Waals surface area contributed by atoms with Gasteiger partial charge in [0, 0.05) is 17.1 Å². The largest absolute Gasteiger partial charge is 0.457 e. The summed E-state index contributed by atoms with van der Waals surface area (Å²) in [5.41, 5.74) is 0.399. The van der Waals surface area contributed by atoms with Crippen LogP contribution in [0.5, 0.6) is 0 Å². The van der Waals surface area contributed by atoms with Gasteiger partial charge in [0.2, 0.25) is 11.8 Å². The molecule has 1 aromatic carbocycles. The Labute approximate surface area is 156 Å². The maximum Gasteiger partial charge on any atom is 0.308 e. The number of esters is 1. The maximum atomic E-state index is 12.3. The van der Waals surface area contributed by atoms with Crippen molar-refractivity contribution in [3.05, 3.63) is 34.9 Å². The fourth-order valence-electron chi connectivity index (χ4n) is 3.59. The first-order chi connectivity index (χ1) is 12.5. The molecular formula is C19H20ClNO5. The summed E-state index contributed by atoms with van der Waals surface area (Å²) in [5.74, 6) is -1.75. The van der Waals surface area contributed by atoms with Gasteiger partial charge in [-0.2, -0.15) is 0 Å². The van der Waals surface area contributed by atoms with Crippen molar-refractivity contribution in [2.24, 2.45) is 11.8 Å². The van der Waals surface area contributed by atoms with Gasteiger partial charge in [0.1, 0.15) is 0 Å². The first-order valence-corrected chi connectivity index (χ1v) is 9.15. The molecule has 7 heteroatoms. The standard InChI is InChI=1S/C19H20ClNO5/c20-13-7-5-12(6-8-13)16(22)11-26-17(23)9-10-21-18(24)14-3-1-2-4-15(14)19(21)25/h5-8,14-15H,1-4,9-11H2/t14-,15-/m0/s1. The zero-order valence-corrected chi connectivity index (χ0v) is 15.0. The maximum absolute atomic E-state index is 12.3. The molecule has 6 nitrogen and oxygen atoms in total. The number of benzene rings is 1. The monoisotopic (exact) mass is 377 g/mol.